The summed E-state index contributed by atoms with van der Waals surface area (Å²) in [6.45, 7) is 0.439. The molecular weight excluding hydrogens is 350 g/mol. The van der Waals surface area contributed by atoms with Gasteiger partial charge in [0.25, 0.3) is 0 Å². The van der Waals surface area contributed by atoms with Crippen molar-refractivity contribution in [3.63, 3.8) is 0 Å². The van der Waals surface area contributed by atoms with E-state index in [1.807, 2.05) is 30.3 Å². The molecule has 0 radical (unpaired) electrons. The van der Waals surface area contributed by atoms with Crippen LogP contribution in [0.15, 0.2) is 41.0 Å². The fourth-order valence-corrected chi connectivity index (χ4v) is 2.63. The van der Waals surface area contributed by atoms with Gasteiger partial charge >= 0.3 is 0 Å². The van der Waals surface area contributed by atoms with Crippen molar-refractivity contribution in [2.75, 3.05) is 7.11 Å². The molecule has 6 heteroatoms. The van der Waals surface area contributed by atoms with Crippen LogP contribution in [0.3, 0.4) is 0 Å². The Bertz CT molecular complexity index is 863. The fraction of sp³-hybridized carbons (Fsp3) is 0.133. The predicted molar refractivity (Wildman–Crippen MR) is 88.6 cm³/mol. The topological polar surface area (TPSA) is 50.8 Å². The van der Waals surface area contributed by atoms with E-state index < -0.39 is 0 Å². The number of methoxy groups -OCH3 is 1. The molecule has 0 aliphatic rings. The number of pyridine rings is 1. The minimum Gasteiger partial charge on any atom is -0.378 e. The number of benzene rings is 1. The fourth-order valence-electron chi connectivity index (χ4n) is 2.11. The molecule has 3 aromatic rings. The van der Waals surface area contributed by atoms with Crippen molar-refractivity contribution in [2.24, 2.45) is 0 Å². The molecule has 2 heterocycles. The van der Waals surface area contributed by atoms with Crippen LogP contribution in [-0.4, -0.2) is 22.1 Å². The summed E-state index contributed by atoms with van der Waals surface area (Å²) >= 11 is 8.73. The molecule has 106 valence electrons. The lowest BCUT2D eigenvalue weighted by atomic mass is 10.1. The average molecular weight is 362 g/mol. The van der Waals surface area contributed by atoms with Gasteiger partial charge in [0, 0.05) is 24.3 Å². The van der Waals surface area contributed by atoms with Gasteiger partial charge in [-0.1, -0.05) is 18.3 Å². The Morgan fingerprint density at radius 3 is 3.00 bits per heavy atom. The first kappa shape index (κ1) is 14.3. The van der Waals surface area contributed by atoms with Gasteiger partial charge < -0.3 is 9.72 Å². The van der Waals surface area contributed by atoms with Gasteiger partial charge in [-0.25, -0.2) is 4.98 Å². The number of nitrogens with zero attached hydrogens (tertiary/aromatic N) is 2. The van der Waals surface area contributed by atoms with Gasteiger partial charge in [0.15, 0.2) is 0 Å². The molecule has 0 aliphatic heterocycles. The molecular formula is C15H12BrN3OS. The number of fused-ring (bicyclic) bond motifs is 1. The summed E-state index contributed by atoms with van der Waals surface area (Å²) in [7, 11) is 1.64. The van der Waals surface area contributed by atoms with Crippen molar-refractivity contribution in [3.8, 4) is 11.4 Å². The lowest BCUT2D eigenvalue weighted by Crippen LogP contribution is -2.00. The van der Waals surface area contributed by atoms with Crippen molar-refractivity contribution >= 4 is 39.1 Å². The van der Waals surface area contributed by atoms with Crippen molar-refractivity contribution in [2.45, 2.75) is 6.61 Å². The lowest BCUT2D eigenvalue weighted by molar-refractivity contribution is 0.181. The number of aromatic amines is 1. The first-order chi connectivity index (χ1) is 10.2. The summed E-state index contributed by atoms with van der Waals surface area (Å²) in [6, 6.07) is 9.93. The van der Waals surface area contributed by atoms with E-state index >= 15 is 0 Å². The van der Waals surface area contributed by atoms with E-state index in [9.17, 15) is 0 Å². The number of hydrogen-bond acceptors (Lipinski definition) is 4. The number of aromatic nitrogens is 3. The van der Waals surface area contributed by atoms with Gasteiger partial charge in [-0.2, -0.15) is 0 Å². The van der Waals surface area contributed by atoms with Crippen LogP contribution in [0.1, 0.15) is 5.69 Å². The third-order valence-electron chi connectivity index (χ3n) is 3.10. The molecule has 0 saturated carbocycles. The Labute approximate surface area is 135 Å². The van der Waals surface area contributed by atoms with Crippen LogP contribution in [0.25, 0.3) is 22.3 Å². The highest BCUT2D eigenvalue weighted by Gasteiger charge is 2.08. The highest BCUT2D eigenvalue weighted by atomic mass is 79.9. The standard InChI is InChI=1S/C15H12BrN3OS/c1-20-8-12-13(16)15(21)19-14(18-12)10-4-5-11-9(7-10)3-2-6-17-11/h2-7H,8H2,1H3,(H,18,19,21). The van der Waals surface area contributed by atoms with Crippen LogP contribution in [0.4, 0.5) is 0 Å². The second-order valence-electron chi connectivity index (χ2n) is 4.53. The Hall–Kier alpha value is -1.63. The van der Waals surface area contributed by atoms with E-state index in [0.717, 1.165) is 32.5 Å². The van der Waals surface area contributed by atoms with Crippen LogP contribution in [-0.2, 0) is 11.3 Å². The molecule has 0 amide bonds. The van der Waals surface area contributed by atoms with Crippen molar-refractivity contribution in [1.29, 1.82) is 0 Å². The summed E-state index contributed by atoms with van der Waals surface area (Å²) in [6.07, 6.45) is 1.78. The number of rotatable bonds is 3. The lowest BCUT2D eigenvalue weighted by Gasteiger charge is -2.08. The molecule has 2 aromatic heterocycles. The van der Waals surface area contributed by atoms with Crippen molar-refractivity contribution in [1.82, 2.24) is 15.0 Å². The van der Waals surface area contributed by atoms with E-state index in [0.29, 0.717) is 11.2 Å². The zero-order valence-electron chi connectivity index (χ0n) is 11.3. The molecule has 3 rings (SSSR count). The summed E-state index contributed by atoms with van der Waals surface area (Å²) in [4.78, 5) is 12.0. The first-order valence-corrected chi connectivity index (χ1v) is 7.52. The minimum atomic E-state index is 0.439. The van der Waals surface area contributed by atoms with Gasteiger partial charge in [0.2, 0.25) is 0 Å². The van der Waals surface area contributed by atoms with Crippen molar-refractivity contribution in [3.05, 3.63) is 51.3 Å². The van der Waals surface area contributed by atoms with Crippen LogP contribution in [0.2, 0.25) is 0 Å². The molecule has 4 nitrogen and oxygen atoms in total. The number of H-pyrrole nitrogens is 1. The number of ether oxygens (including phenoxy) is 1. The Morgan fingerprint density at radius 1 is 1.33 bits per heavy atom. The van der Waals surface area contributed by atoms with E-state index in [1.54, 1.807) is 13.3 Å². The second kappa shape index (κ2) is 6.01. The Kier molecular flexibility index (Phi) is 4.10. The molecule has 21 heavy (non-hydrogen) atoms. The zero-order valence-corrected chi connectivity index (χ0v) is 13.7. The zero-order chi connectivity index (χ0) is 14.8. The molecule has 0 spiro atoms. The normalized spacial score (nSPS) is 11.0. The molecule has 0 atom stereocenters. The summed E-state index contributed by atoms with van der Waals surface area (Å²) in [5.74, 6) is 0.723. The average Bonchev–Trinajstić information content (AvgIpc) is 2.51. The number of halogens is 1. The number of nitrogens with one attached hydrogen (secondary N) is 1. The van der Waals surface area contributed by atoms with Gasteiger partial charge in [-0.05, 0) is 40.2 Å². The molecule has 1 N–H and O–H groups in total. The van der Waals surface area contributed by atoms with Crippen molar-refractivity contribution < 1.29 is 4.74 Å². The van der Waals surface area contributed by atoms with Crippen LogP contribution < -0.4 is 0 Å². The van der Waals surface area contributed by atoms with Gasteiger partial charge in [-0.15, -0.1) is 0 Å². The molecule has 0 aliphatic carbocycles. The summed E-state index contributed by atoms with van der Waals surface area (Å²) in [5, 5.41) is 1.06. The van der Waals surface area contributed by atoms with Crippen LogP contribution >= 0.6 is 28.1 Å². The molecule has 0 fully saturated rings. The van der Waals surface area contributed by atoms with Gasteiger partial charge in [0.05, 0.1) is 22.3 Å². The molecule has 0 saturated heterocycles. The highest BCUT2D eigenvalue weighted by molar-refractivity contribution is 9.10. The number of hydrogen-bond donors (Lipinski definition) is 1. The molecule has 0 unspecified atom stereocenters. The molecule has 0 bridgehead atoms. The van der Waals surface area contributed by atoms with E-state index in [-0.39, 0.29) is 0 Å². The van der Waals surface area contributed by atoms with E-state index in [2.05, 4.69) is 30.9 Å². The molecule has 1 aromatic carbocycles. The Morgan fingerprint density at radius 2 is 2.19 bits per heavy atom. The maximum absolute atomic E-state index is 5.29. The third kappa shape index (κ3) is 2.88. The van der Waals surface area contributed by atoms with Crippen LogP contribution in [0.5, 0.6) is 0 Å². The minimum absolute atomic E-state index is 0.439. The Balaban J connectivity index is 2.15. The SMILES string of the molecule is COCc1[nH]c(-c2ccc3ncccc3c2)nc(=S)c1Br. The summed E-state index contributed by atoms with van der Waals surface area (Å²) in [5.41, 5.74) is 2.79. The van der Waals surface area contributed by atoms with Gasteiger partial charge in [-0.3, -0.25) is 4.98 Å². The summed E-state index contributed by atoms with van der Waals surface area (Å²) < 4.78 is 6.46. The predicted octanol–water partition coefficient (Wildman–Crippen LogP) is 4.26. The van der Waals surface area contributed by atoms with E-state index in [1.165, 1.54) is 0 Å². The first-order valence-electron chi connectivity index (χ1n) is 6.32. The van der Waals surface area contributed by atoms with Crippen LogP contribution in [0, 0.1) is 4.64 Å². The highest BCUT2D eigenvalue weighted by Crippen LogP contribution is 2.24. The van der Waals surface area contributed by atoms with Gasteiger partial charge in [0.1, 0.15) is 10.5 Å². The third-order valence-corrected chi connectivity index (χ3v) is 4.51. The van der Waals surface area contributed by atoms with E-state index in [4.69, 9.17) is 17.0 Å². The maximum atomic E-state index is 5.29. The second-order valence-corrected chi connectivity index (χ2v) is 5.71. The monoisotopic (exact) mass is 361 g/mol. The maximum Gasteiger partial charge on any atom is 0.144 e. The largest absolute Gasteiger partial charge is 0.378 e. The quantitative estimate of drug-likeness (QED) is 0.708. The smallest absolute Gasteiger partial charge is 0.144 e.